The van der Waals surface area contributed by atoms with Crippen molar-refractivity contribution in [1.82, 2.24) is 15.0 Å². The van der Waals surface area contributed by atoms with E-state index in [1.807, 2.05) is 6.07 Å². The Balaban J connectivity index is 1.68. The molecule has 2 aromatic heterocycles. The number of pyridine rings is 1. The number of hydrogen-bond donors (Lipinski definition) is 2. The predicted molar refractivity (Wildman–Crippen MR) is 94.0 cm³/mol. The van der Waals surface area contributed by atoms with E-state index >= 15 is 0 Å². The molecule has 1 aromatic carbocycles. The van der Waals surface area contributed by atoms with E-state index in [-0.39, 0.29) is 12.3 Å². The molecular formula is C18H13N5O3. The summed E-state index contributed by atoms with van der Waals surface area (Å²) < 4.78 is 4.76. The van der Waals surface area contributed by atoms with E-state index in [0.717, 1.165) is 16.8 Å². The molecule has 0 fully saturated rings. The van der Waals surface area contributed by atoms with E-state index in [9.17, 15) is 9.59 Å². The van der Waals surface area contributed by atoms with Gasteiger partial charge in [-0.2, -0.15) is 0 Å². The van der Waals surface area contributed by atoms with Crippen LogP contribution in [0, 0.1) is 0 Å². The fourth-order valence-electron chi connectivity index (χ4n) is 2.70. The van der Waals surface area contributed by atoms with Gasteiger partial charge in [0.1, 0.15) is 5.75 Å². The molecule has 0 radical (unpaired) electrons. The Morgan fingerprint density at radius 3 is 2.81 bits per heavy atom. The molecular weight excluding hydrogens is 334 g/mol. The summed E-state index contributed by atoms with van der Waals surface area (Å²) in [7, 11) is 0. The lowest BCUT2D eigenvalue weighted by atomic mass is 10.1. The molecule has 0 atom stereocenters. The van der Waals surface area contributed by atoms with Crippen molar-refractivity contribution < 1.29 is 14.3 Å². The number of carbonyl (C=O) groups excluding carboxylic acids is 2. The van der Waals surface area contributed by atoms with Gasteiger partial charge in [0, 0.05) is 29.2 Å². The van der Waals surface area contributed by atoms with Gasteiger partial charge in [0.05, 0.1) is 24.0 Å². The Kier molecular flexibility index (Phi) is 3.98. The second kappa shape index (κ2) is 6.60. The van der Waals surface area contributed by atoms with Crippen molar-refractivity contribution in [2.45, 2.75) is 6.42 Å². The highest BCUT2D eigenvalue weighted by Crippen LogP contribution is 2.32. The van der Waals surface area contributed by atoms with Gasteiger partial charge in [0.15, 0.2) is 0 Å². The van der Waals surface area contributed by atoms with E-state index in [2.05, 4.69) is 25.6 Å². The molecule has 0 spiro atoms. The number of nitrogens with one attached hydrogen (secondary N) is 2. The number of hydrogen-bond acceptors (Lipinski definition) is 7. The van der Waals surface area contributed by atoms with E-state index in [1.54, 1.807) is 42.9 Å². The highest BCUT2D eigenvalue weighted by Gasteiger charge is 2.20. The Labute approximate surface area is 148 Å². The lowest BCUT2D eigenvalue weighted by molar-refractivity contribution is -0.120. The maximum Gasteiger partial charge on any atom is 0.298 e. The number of ether oxygens (including phenoxy) is 1. The van der Waals surface area contributed by atoms with Gasteiger partial charge in [-0.15, -0.1) is 0 Å². The highest BCUT2D eigenvalue weighted by molar-refractivity contribution is 5.99. The zero-order valence-electron chi connectivity index (χ0n) is 13.5. The molecule has 1 aliphatic rings. The average molecular weight is 347 g/mol. The molecule has 4 rings (SSSR count). The summed E-state index contributed by atoms with van der Waals surface area (Å²) in [6, 6.07) is 8.61. The van der Waals surface area contributed by atoms with Crippen LogP contribution in [0.3, 0.4) is 0 Å². The first-order chi connectivity index (χ1) is 12.7. The third-order valence-electron chi connectivity index (χ3n) is 3.86. The number of carbonyl (C=O) groups is 2. The Bertz CT molecular complexity index is 988. The van der Waals surface area contributed by atoms with Crippen LogP contribution in [0.25, 0.3) is 11.3 Å². The fourth-order valence-corrected chi connectivity index (χ4v) is 2.70. The quantitative estimate of drug-likeness (QED) is 0.698. The standard InChI is InChI=1S/C18H13N5O3/c24-10-26-13-3-1-12(2-4-13)21-18-20-8-11-7-16(25)22-15-9-19-6-5-14(15)17(11)23-18/h1-6,8-10H,7H2,(H,22,25)(H,20,21,23). The van der Waals surface area contributed by atoms with Crippen molar-refractivity contribution in [3.05, 3.63) is 54.5 Å². The SMILES string of the molecule is O=COc1ccc(Nc2ncc3c(n2)-c2ccncc2NC(=O)C3)cc1. The zero-order chi connectivity index (χ0) is 17.9. The Hall–Kier alpha value is -3.81. The lowest BCUT2D eigenvalue weighted by Crippen LogP contribution is -2.12. The molecule has 128 valence electrons. The first-order valence-electron chi connectivity index (χ1n) is 7.80. The zero-order valence-corrected chi connectivity index (χ0v) is 13.5. The summed E-state index contributed by atoms with van der Waals surface area (Å²) in [5.74, 6) is 0.706. The van der Waals surface area contributed by atoms with Crippen LogP contribution in [0.1, 0.15) is 5.56 Å². The summed E-state index contributed by atoms with van der Waals surface area (Å²) in [4.78, 5) is 35.3. The van der Waals surface area contributed by atoms with E-state index in [1.165, 1.54) is 0 Å². The van der Waals surface area contributed by atoms with Crippen LogP contribution in [0.4, 0.5) is 17.3 Å². The number of rotatable bonds is 4. The number of benzene rings is 1. The molecule has 26 heavy (non-hydrogen) atoms. The average Bonchev–Trinajstić information content (AvgIpc) is 2.79. The van der Waals surface area contributed by atoms with Crippen molar-refractivity contribution in [1.29, 1.82) is 0 Å². The number of anilines is 3. The topological polar surface area (TPSA) is 106 Å². The summed E-state index contributed by atoms with van der Waals surface area (Å²) in [5.41, 5.74) is 3.57. The van der Waals surface area contributed by atoms with Gasteiger partial charge in [-0.25, -0.2) is 9.97 Å². The van der Waals surface area contributed by atoms with Crippen LogP contribution in [0.5, 0.6) is 5.75 Å². The van der Waals surface area contributed by atoms with Gasteiger partial charge in [-0.1, -0.05) is 0 Å². The molecule has 3 heterocycles. The van der Waals surface area contributed by atoms with Crippen molar-refractivity contribution in [3.8, 4) is 17.0 Å². The Morgan fingerprint density at radius 1 is 1.15 bits per heavy atom. The van der Waals surface area contributed by atoms with Crippen LogP contribution >= 0.6 is 0 Å². The fraction of sp³-hybridized carbons (Fsp3) is 0.0556. The molecule has 2 N–H and O–H groups in total. The minimum atomic E-state index is -0.131. The summed E-state index contributed by atoms with van der Waals surface area (Å²) in [6.07, 6.45) is 5.09. The van der Waals surface area contributed by atoms with E-state index in [4.69, 9.17) is 4.74 Å². The first kappa shape index (κ1) is 15.7. The molecule has 3 aromatic rings. The first-order valence-corrected chi connectivity index (χ1v) is 7.80. The minimum Gasteiger partial charge on any atom is -0.429 e. The second-order valence-electron chi connectivity index (χ2n) is 5.58. The van der Waals surface area contributed by atoms with Crippen LogP contribution in [0.15, 0.2) is 48.9 Å². The van der Waals surface area contributed by atoms with Gasteiger partial charge < -0.3 is 15.4 Å². The van der Waals surface area contributed by atoms with Crippen LogP contribution in [-0.2, 0) is 16.0 Å². The van der Waals surface area contributed by atoms with Gasteiger partial charge in [0.25, 0.3) is 6.47 Å². The normalized spacial score (nSPS) is 12.2. The molecule has 1 amide bonds. The molecule has 8 nitrogen and oxygen atoms in total. The maximum absolute atomic E-state index is 12.0. The largest absolute Gasteiger partial charge is 0.429 e. The van der Waals surface area contributed by atoms with Crippen LogP contribution < -0.4 is 15.4 Å². The minimum absolute atomic E-state index is 0.131. The van der Waals surface area contributed by atoms with E-state index in [0.29, 0.717) is 29.6 Å². The van der Waals surface area contributed by atoms with Gasteiger partial charge >= 0.3 is 0 Å². The third-order valence-corrected chi connectivity index (χ3v) is 3.86. The number of nitrogens with zero attached hydrogens (tertiary/aromatic N) is 3. The smallest absolute Gasteiger partial charge is 0.298 e. The molecule has 0 saturated heterocycles. The second-order valence-corrected chi connectivity index (χ2v) is 5.58. The summed E-state index contributed by atoms with van der Waals surface area (Å²) in [5, 5.41) is 5.92. The number of amides is 1. The van der Waals surface area contributed by atoms with Gasteiger partial charge in [-0.3, -0.25) is 14.6 Å². The molecule has 1 aliphatic heterocycles. The molecule has 0 saturated carbocycles. The maximum atomic E-state index is 12.0. The van der Waals surface area contributed by atoms with Crippen molar-refractivity contribution in [3.63, 3.8) is 0 Å². The summed E-state index contributed by atoms with van der Waals surface area (Å²) in [6.45, 7) is 0.375. The van der Waals surface area contributed by atoms with Gasteiger partial charge in [0.2, 0.25) is 11.9 Å². The molecule has 0 bridgehead atoms. The van der Waals surface area contributed by atoms with Crippen LogP contribution in [0.2, 0.25) is 0 Å². The lowest BCUT2D eigenvalue weighted by Gasteiger charge is -2.10. The molecule has 0 aliphatic carbocycles. The molecule has 8 heteroatoms. The van der Waals surface area contributed by atoms with Gasteiger partial charge in [-0.05, 0) is 30.3 Å². The predicted octanol–water partition coefficient (Wildman–Crippen LogP) is 2.31. The number of fused-ring (bicyclic) bond motifs is 3. The van der Waals surface area contributed by atoms with Crippen molar-refractivity contribution >= 4 is 29.7 Å². The molecule has 0 unspecified atom stereocenters. The van der Waals surface area contributed by atoms with E-state index < -0.39 is 0 Å². The Morgan fingerprint density at radius 2 is 2.00 bits per heavy atom. The van der Waals surface area contributed by atoms with Crippen LogP contribution in [-0.4, -0.2) is 27.3 Å². The number of aromatic nitrogens is 3. The van der Waals surface area contributed by atoms with Crippen molar-refractivity contribution in [2.75, 3.05) is 10.6 Å². The monoisotopic (exact) mass is 347 g/mol. The summed E-state index contributed by atoms with van der Waals surface area (Å²) >= 11 is 0. The third kappa shape index (κ3) is 3.07. The van der Waals surface area contributed by atoms with Crippen molar-refractivity contribution in [2.24, 2.45) is 0 Å². The highest BCUT2D eigenvalue weighted by atomic mass is 16.5.